The maximum Gasteiger partial charge on any atom is 3.00 e. The van der Waals surface area contributed by atoms with E-state index in [-0.39, 0.29) is 39.4 Å². The van der Waals surface area contributed by atoms with E-state index in [0.29, 0.717) is 29.8 Å². The molecule has 8 rings (SSSR count). The second kappa shape index (κ2) is 25.6. The smallest absolute Gasteiger partial charge is 0.858 e. The Balaban J connectivity index is 0.000000190. The molecule has 56 heavy (non-hydrogen) atoms. The fourth-order valence-corrected chi connectivity index (χ4v) is 4.91. The van der Waals surface area contributed by atoms with Gasteiger partial charge >= 0.3 is 21.7 Å². The molecule has 3 heterocycles. The van der Waals surface area contributed by atoms with Gasteiger partial charge in [-0.3, -0.25) is 15.0 Å². The number of hydrogen-bond acceptors (Lipinski definition) is 8. The average molecular weight is 773 g/mol. The monoisotopic (exact) mass is 772 g/mol. The van der Waals surface area contributed by atoms with E-state index in [1.807, 2.05) is 152 Å². The van der Waals surface area contributed by atoms with Crippen molar-refractivity contribution in [2.24, 2.45) is 11.5 Å². The first-order valence-electron chi connectivity index (χ1n) is 17.5. The van der Waals surface area contributed by atoms with Crippen molar-refractivity contribution in [3.8, 4) is 51.0 Å². The third kappa shape index (κ3) is 15.1. The molecular formula is C47H42N5O3Ti. The van der Waals surface area contributed by atoms with Crippen molar-refractivity contribution in [1.82, 2.24) is 15.0 Å². The molecule has 4 N–H and O–H groups in total. The van der Waals surface area contributed by atoms with E-state index in [1.165, 1.54) is 29.7 Å². The molecule has 5 aromatic carbocycles. The van der Waals surface area contributed by atoms with Gasteiger partial charge in [-0.1, -0.05) is 170 Å². The molecule has 0 spiro atoms. The van der Waals surface area contributed by atoms with Crippen LogP contribution in [-0.2, 0) is 34.8 Å². The van der Waals surface area contributed by atoms with Gasteiger partial charge in [0, 0.05) is 31.7 Å². The first kappa shape index (κ1) is 44.0. The van der Waals surface area contributed by atoms with Gasteiger partial charge < -0.3 is 26.8 Å². The summed E-state index contributed by atoms with van der Waals surface area (Å²) in [5, 5.41) is 33.9. The molecule has 277 valence electrons. The van der Waals surface area contributed by atoms with Gasteiger partial charge in [0.1, 0.15) is 0 Å². The van der Waals surface area contributed by atoms with E-state index in [0.717, 1.165) is 16.7 Å². The van der Waals surface area contributed by atoms with E-state index >= 15 is 0 Å². The van der Waals surface area contributed by atoms with Crippen LogP contribution in [0.25, 0.3) is 33.4 Å². The summed E-state index contributed by atoms with van der Waals surface area (Å²) in [6.07, 6.45) is 4.53. The predicted molar refractivity (Wildman–Crippen MR) is 216 cm³/mol. The van der Waals surface area contributed by atoms with Crippen LogP contribution in [0.2, 0.25) is 0 Å². The minimum absolute atomic E-state index is 0. The van der Waals surface area contributed by atoms with Crippen LogP contribution < -0.4 is 26.8 Å². The number of aromatic nitrogens is 3. The van der Waals surface area contributed by atoms with Gasteiger partial charge in [0.15, 0.2) is 0 Å². The van der Waals surface area contributed by atoms with Crippen LogP contribution in [0.5, 0.6) is 17.6 Å². The van der Waals surface area contributed by atoms with Crippen LogP contribution in [0.3, 0.4) is 0 Å². The van der Waals surface area contributed by atoms with E-state index in [2.05, 4.69) is 15.0 Å². The van der Waals surface area contributed by atoms with E-state index in [9.17, 15) is 15.3 Å². The summed E-state index contributed by atoms with van der Waals surface area (Å²) in [5.74, 6) is -0.517. The first-order chi connectivity index (χ1) is 27.0. The fraction of sp³-hybridized carbons (Fsp3) is 0.0426. The van der Waals surface area contributed by atoms with E-state index in [1.54, 1.807) is 36.4 Å². The second-order valence-electron chi connectivity index (χ2n) is 11.5. The third-order valence-corrected chi connectivity index (χ3v) is 7.72. The molecule has 0 amide bonds. The molecule has 0 bridgehead atoms. The summed E-state index contributed by atoms with van der Waals surface area (Å²) in [6, 6.07) is 59.2. The Hall–Kier alpha value is -6.42. The Morgan fingerprint density at radius 3 is 0.750 bits per heavy atom. The Morgan fingerprint density at radius 1 is 0.321 bits per heavy atom. The van der Waals surface area contributed by atoms with Crippen molar-refractivity contribution in [2.45, 2.75) is 13.1 Å². The molecule has 0 unspecified atom stereocenters. The largest absolute Gasteiger partial charge is 3.00 e. The van der Waals surface area contributed by atoms with Crippen molar-refractivity contribution in [2.75, 3.05) is 0 Å². The normalized spacial score (nSPS) is 9.46. The number of rotatable bonds is 5. The standard InChI is InChI=1S/3C11H9NO.2C7H9N.Ti/c3*13-11-10(7-4-8-12-11)9-5-2-1-3-6-9;2*8-6-7-4-2-1-3-5-7;/h3*1-8H,(H,12,13);2*1-5H,6,8H2;/q;;;;;+3/p-3. The molecule has 0 atom stereocenters. The molecule has 1 radical (unpaired) electrons. The van der Waals surface area contributed by atoms with Crippen LogP contribution in [0, 0.1) is 0 Å². The van der Waals surface area contributed by atoms with Crippen LogP contribution in [0.15, 0.2) is 207 Å². The van der Waals surface area contributed by atoms with Crippen molar-refractivity contribution in [3.05, 3.63) is 218 Å². The van der Waals surface area contributed by atoms with Gasteiger partial charge in [-0.05, 0) is 80.3 Å². The quantitative estimate of drug-likeness (QED) is 0.168. The molecule has 0 aliphatic heterocycles. The van der Waals surface area contributed by atoms with Crippen LogP contribution >= 0.6 is 0 Å². The summed E-state index contributed by atoms with van der Waals surface area (Å²) in [5.41, 5.74) is 17.8. The molecule has 3 aromatic heterocycles. The Bertz CT molecular complexity index is 1980. The number of nitrogens with two attached hydrogens (primary N) is 2. The fourth-order valence-electron chi connectivity index (χ4n) is 4.91. The second-order valence-corrected chi connectivity index (χ2v) is 11.5. The zero-order chi connectivity index (χ0) is 38.9. The molecule has 0 saturated heterocycles. The number of hydrogen-bond donors (Lipinski definition) is 2. The van der Waals surface area contributed by atoms with Crippen molar-refractivity contribution < 1.29 is 37.0 Å². The van der Waals surface area contributed by atoms with Crippen molar-refractivity contribution in [1.29, 1.82) is 0 Å². The molecule has 8 nitrogen and oxygen atoms in total. The van der Waals surface area contributed by atoms with Gasteiger partial charge in [-0.2, -0.15) is 0 Å². The summed E-state index contributed by atoms with van der Waals surface area (Å²) in [6.45, 7) is 1.28. The summed E-state index contributed by atoms with van der Waals surface area (Å²) in [7, 11) is 0. The van der Waals surface area contributed by atoms with E-state index < -0.39 is 0 Å². The van der Waals surface area contributed by atoms with Gasteiger partial charge in [0.25, 0.3) is 0 Å². The first-order valence-corrected chi connectivity index (χ1v) is 17.5. The number of nitrogens with zero attached hydrogens (tertiary/aromatic N) is 3. The molecule has 0 saturated carbocycles. The van der Waals surface area contributed by atoms with Gasteiger partial charge in [-0.15, -0.1) is 0 Å². The van der Waals surface area contributed by atoms with Crippen molar-refractivity contribution >= 4 is 0 Å². The van der Waals surface area contributed by atoms with Crippen LogP contribution in [-0.4, -0.2) is 15.0 Å². The average Bonchev–Trinajstić information content (AvgIpc) is 3.26. The van der Waals surface area contributed by atoms with E-state index in [4.69, 9.17) is 11.5 Å². The Labute approximate surface area is 343 Å². The molecular weight excluding hydrogens is 730 g/mol. The topological polar surface area (TPSA) is 160 Å². The maximum atomic E-state index is 11.3. The predicted octanol–water partition coefficient (Wildman–Crippen LogP) is 7.75. The maximum absolute atomic E-state index is 11.3. The summed E-state index contributed by atoms with van der Waals surface area (Å²) in [4.78, 5) is 11.1. The third-order valence-electron chi connectivity index (χ3n) is 7.72. The Morgan fingerprint density at radius 2 is 0.554 bits per heavy atom. The van der Waals surface area contributed by atoms with Crippen LogP contribution in [0.1, 0.15) is 11.1 Å². The zero-order valence-corrected chi connectivity index (χ0v) is 32.3. The van der Waals surface area contributed by atoms with Gasteiger partial charge in [0.2, 0.25) is 0 Å². The van der Waals surface area contributed by atoms with Crippen LogP contribution in [0.4, 0.5) is 0 Å². The van der Waals surface area contributed by atoms with Gasteiger partial charge in [-0.25, -0.2) is 0 Å². The summed E-state index contributed by atoms with van der Waals surface area (Å²) < 4.78 is 0. The molecule has 8 aromatic rings. The number of benzene rings is 5. The molecule has 0 aliphatic carbocycles. The summed E-state index contributed by atoms with van der Waals surface area (Å²) >= 11 is 0. The number of pyridine rings is 3. The molecule has 9 heteroatoms. The minimum atomic E-state index is -0.172. The Kier molecular flexibility index (Phi) is 20.1. The minimum Gasteiger partial charge on any atom is -0.858 e. The SMILES string of the molecule is NCc1ccccc1.NCc1ccccc1.[O-]c1ncccc1-c1ccccc1.[O-]c1ncccc1-c1ccccc1.[O-]c1ncccc1-c1ccccc1.[Ti+3]. The van der Waals surface area contributed by atoms with Gasteiger partial charge in [0.05, 0.1) is 0 Å². The molecule has 0 aliphatic rings. The molecule has 0 fully saturated rings. The zero-order valence-electron chi connectivity index (χ0n) is 30.8. The van der Waals surface area contributed by atoms with Crippen molar-refractivity contribution in [3.63, 3.8) is 0 Å².